The summed E-state index contributed by atoms with van der Waals surface area (Å²) in [7, 11) is -3.72. The zero-order valence-electron chi connectivity index (χ0n) is 18.1. The van der Waals surface area contributed by atoms with E-state index < -0.39 is 27.9 Å². The molecule has 0 bridgehead atoms. The van der Waals surface area contributed by atoms with Gasteiger partial charge in [-0.3, -0.25) is 9.10 Å². The molecular formula is C22H28N2O5S. The molecule has 1 amide bonds. The largest absolute Gasteiger partial charge is 0.462 e. The van der Waals surface area contributed by atoms with Crippen LogP contribution in [0.3, 0.4) is 0 Å². The number of sulfonamides is 1. The predicted molar refractivity (Wildman–Crippen MR) is 118 cm³/mol. The summed E-state index contributed by atoms with van der Waals surface area (Å²) >= 11 is 0. The highest BCUT2D eigenvalue weighted by atomic mass is 32.2. The molecule has 0 saturated carbocycles. The number of ether oxygens (including phenoxy) is 1. The van der Waals surface area contributed by atoms with E-state index in [1.54, 1.807) is 38.1 Å². The highest BCUT2D eigenvalue weighted by Crippen LogP contribution is 2.25. The Morgan fingerprint density at radius 2 is 1.67 bits per heavy atom. The standard InChI is InChI=1S/C22H28N2O5S/c1-7-29-22(26)18-10-8-15(3)20(13-18)23-21(25)17(5)24(30(6,27)28)19-11-9-14(2)16(4)12-19/h8-13,17H,7H2,1-6H3,(H,23,25)/t17-/m0/s1. The zero-order chi connectivity index (χ0) is 22.6. The lowest BCUT2D eigenvalue weighted by molar-refractivity contribution is -0.116. The summed E-state index contributed by atoms with van der Waals surface area (Å²) in [6, 6.07) is 9.08. The van der Waals surface area contributed by atoms with E-state index in [0.29, 0.717) is 16.9 Å². The third kappa shape index (κ3) is 5.38. The molecule has 0 spiro atoms. The highest BCUT2D eigenvalue weighted by Gasteiger charge is 2.29. The van der Waals surface area contributed by atoms with Crippen LogP contribution in [0.5, 0.6) is 0 Å². The summed E-state index contributed by atoms with van der Waals surface area (Å²) in [6.45, 7) is 9.07. The van der Waals surface area contributed by atoms with Crippen LogP contribution >= 0.6 is 0 Å². The molecule has 2 aromatic carbocycles. The third-order valence-electron chi connectivity index (χ3n) is 4.84. The normalized spacial score (nSPS) is 12.2. The number of hydrogen-bond donors (Lipinski definition) is 1. The Bertz CT molecular complexity index is 1060. The molecular weight excluding hydrogens is 404 g/mol. The van der Waals surface area contributed by atoms with Gasteiger partial charge in [-0.1, -0.05) is 12.1 Å². The van der Waals surface area contributed by atoms with Crippen LogP contribution in [-0.4, -0.2) is 39.2 Å². The van der Waals surface area contributed by atoms with Gasteiger partial charge in [-0.15, -0.1) is 0 Å². The van der Waals surface area contributed by atoms with Crippen molar-refractivity contribution in [1.82, 2.24) is 0 Å². The molecule has 0 aliphatic carbocycles. The fourth-order valence-electron chi connectivity index (χ4n) is 3.01. The second-order valence-corrected chi connectivity index (χ2v) is 9.10. The Balaban J connectivity index is 2.35. The summed E-state index contributed by atoms with van der Waals surface area (Å²) in [6.07, 6.45) is 1.07. The van der Waals surface area contributed by atoms with Gasteiger partial charge in [0.1, 0.15) is 6.04 Å². The molecule has 0 saturated heterocycles. The Labute approximate surface area is 178 Å². The van der Waals surface area contributed by atoms with Crippen molar-refractivity contribution in [3.8, 4) is 0 Å². The number of carbonyl (C=O) groups is 2. The van der Waals surface area contributed by atoms with E-state index in [9.17, 15) is 18.0 Å². The van der Waals surface area contributed by atoms with Crippen molar-refractivity contribution >= 4 is 33.3 Å². The quantitative estimate of drug-likeness (QED) is 0.675. The van der Waals surface area contributed by atoms with Gasteiger partial charge in [0.05, 0.1) is 24.1 Å². The lowest BCUT2D eigenvalue weighted by Gasteiger charge is -2.29. The molecule has 0 radical (unpaired) electrons. The number of nitrogens with one attached hydrogen (secondary N) is 1. The minimum Gasteiger partial charge on any atom is -0.462 e. The van der Waals surface area contributed by atoms with E-state index in [0.717, 1.165) is 27.3 Å². The van der Waals surface area contributed by atoms with Gasteiger partial charge in [0, 0.05) is 5.69 Å². The van der Waals surface area contributed by atoms with Crippen molar-refractivity contribution in [2.75, 3.05) is 22.5 Å². The Morgan fingerprint density at radius 1 is 1.03 bits per heavy atom. The van der Waals surface area contributed by atoms with E-state index >= 15 is 0 Å². The SMILES string of the molecule is CCOC(=O)c1ccc(C)c(NC(=O)[C@H](C)N(c2ccc(C)c(C)c2)S(C)(=O)=O)c1. The van der Waals surface area contributed by atoms with E-state index in [-0.39, 0.29) is 6.61 Å². The number of carbonyl (C=O) groups excluding carboxylic acids is 2. The molecule has 7 nitrogen and oxygen atoms in total. The fraction of sp³-hybridized carbons (Fsp3) is 0.364. The maximum atomic E-state index is 13.0. The van der Waals surface area contributed by atoms with Crippen LogP contribution in [0, 0.1) is 20.8 Å². The number of anilines is 2. The number of rotatable bonds is 7. The average molecular weight is 433 g/mol. The number of esters is 1. The molecule has 30 heavy (non-hydrogen) atoms. The molecule has 0 unspecified atom stereocenters. The Hall–Kier alpha value is -2.87. The van der Waals surface area contributed by atoms with Gasteiger partial charge < -0.3 is 10.1 Å². The lowest BCUT2D eigenvalue weighted by Crippen LogP contribution is -2.45. The van der Waals surface area contributed by atoms with Crippen LogP contribution in [0.25, 0.3) is 0 Å². The molecule has 2 aromatic rings. The van der Waals surface area contributed by atoms with Gasteiger partial charge in [0.2, 0.25) is 15.9 Å². The number of nitrogens with zero attached hydrogens (tertiary/aromatic N) is 1. The van der Waals surface area contributed by atoms with Crippen molar-refractivity contribution < 1.29 is 22.7 Å². The first kappa shape index (κ1) is 23.4. The number of aryl methyl sites for hydroxylation is 3. The molecule has 0 heterocycles. The van der Waals surface area contributed by atoms with E-state index in [1.807, 2.05) is 19.9 Å². The van der Waals surface area contributed by atoms with E-state index in [1.165, 1.54) is 13.0 Å². The van der Waals surface area contributed by atoms with E-state index in [4.69, 9.17) is 4.74 Å². The molecule has 1 atom stereocenters. The van der Waals surface area contributed by atoms with Crippen LogP contribution in [-0.2, 0) is 19.6 Å². The van der Waals surface area contributed by atoms with Crippen molar-refractivity contribution in [3.63, 3.8) is 0 Å². The monoisotopic (exact) mass is 432 g/mol. The average Bonchev–Trinajstić information content (AvgIpc) is 2.65. The Morgan fingerprint density at radius 3 is 2.23 bits per heavy atom. The molecule has 0 aromatic heterocycles. The maximum Gasteiger partial charge on any atom is 0.338 e. The lowest BCUT2D eigenvalue weighted by atomic mass is 10.1. The first-order valence-corrected chi connectivity index (χ1v) is 11.5. The number of benzene rings is 2. The molecule has 162 valence electrons. The summed E-state index contributed by atoms with van der Waals surface area (Å²) in [5, 5.41) is 2.74. The van der Waals surface area contributed by atoms with Crippen LogP contribution in [0.2, 0.25) is 0 Å². The summed E-state index contributed by atoms with van der Waals surface area (Å²) in [5.41, 5.74) is 3.83. The fourth-order valence-corrected chi connectivity index (χ4v) is 4.17. The van der Waals surface area contributed by atoms with Crippen molar-refractivity contribution in [2.24, 2.45) is 0 Å². The van der Waals surface area contributed by atoms with Gasteiger partial charge in [-0.25, -0.2) is 13.2 Å². The number of amides is 1. The Kier molecular flexibility index (Phi) is 7.25. The third-order valence-corrected chi connectivity index (χ3v) is 6.08. The number of hydrogen-bond acceptors (Lipinski definition) is 5. The van der Waals surface area contributed by atoms with Crippen LogP contribution < -0.4 is 9.62 Å². The van der Waals surface area contributed by atoms with Gasteiger partial charge in [0.25, 0.3) is 0 Å². The molecule has 2 rings (SSSR count). The van der Waals surface area contributed by atoms with Crippen molar-refractivity contribution in [1.29, 1.82) is 0 Å². The molecule has 8 heteroatoms. The van der Waals surface area contributed by atoms with Crippen LogP contribution in [0.15, 0.2) is 36.4 Å². The highest BCUT2D eigenvalue weighted by molar-refractivity contribution is 7.92. The van der Waals surface area contributed by atoms with E-state index in [2.05, 4.69) is 5.32 Å². The minimum atomic E-state index is -3.72. The maximum absolute atomic E-state index is 13.0. The predicted octanol–water partition coefficient (Wildman–Crippen LogP) is 3.58. The van der Waals surface area contributed by atoms with Crippen molar-refractivity contribution in [3.05, 3.63) is 58.7 Å². The second kappa shape index (κ2) is 9.30. The zero-order valence-corrected chi connectivity index (χ0v) is 19.0. The topological polar surface area (TPSA) is 92.8 Å². The first-order valence-electron chi connectivity index (χ1n) is 9.61. The smallest absolute Gasteiger partial charge is 0.338 e. The van der Waals surface area contributed by atoms with Crippen molar-refractivity contribution in [2.45, 2.75) is 40.7 Å². The minimum absolute atomic E-state index is 0.241. The van der Waals surface area contributed by atoms with Gasteiger partial charge >= 0.3 is 5.97 Å². The molecule has 0 aliphatic rings. The molecule has 0 aliphatic heterocycles. The van der Waals surface area contributed by atoms with Gasteiger partial charge in [-0.05, 0) is 75.6 Å². The molecule has 0 fully saturated rings. The second-order valence-electron chi connectivity index (χ2n) is 7.24. The van der Waals surface area contributed by atoms with Gasteiger partial charge in [0.15, 0.2) is 0 Å². The first-order chi connectivity index (χ1) is 14.0. The van der Waals surface area contributed by atoms with Crippen LogP contribution in [0.4, 0.5) is 11.4 Å². The summed E-state index contributed by atoms with van der Waals surface area (Å²) < 4.78 is 31.1. The molecule has 1 N–H and O–H groups in total. The summed E-state index contributed by atoms with van der Waals surface area (Å²) in [5.74, 6) is -1.00. The van der Waals surface area contributed by atoms with Crippen LogP contribution in [0.1, 0.15) is 40.9 Å². The van der Waals surface area contributed by atoms with Gasteiger partial charge in [-0.2, -0.15) is 0 Å². The summed E-state index contributed by atoms with van der Waals surface area (Å²) in [4.78, 5) is 24.9.